The second-order valence-corrected chi connectivity index (χ2v) is 4.25. The number of hydrogen-bond donors (Lipinski definition) is 1. The van der Waals surface area contributed by atoms with Gasteiger partial charge in [-0.1, -0.05) is 26.0 Å². The Bertz CT molecular complexity index is 412. The van der Waals surface area contributed by atoms with E-state index in [4.69, 9.17) is 0 Å². The van der Waals surface area contributed by atoms with Gasteiger partial charge in [0.2, 0.25) is 5.91 Å². The first-order valence-corrected chi connectivity index (χ1v) is 5.38. The van der Waals surface area contributed by atoms with Crippen molar-refractivity contribution in [1.29, 1.82) is 0 Å². The fourth-order valence-electron chi connectivity index (χ4n) is 1.35. The van der Waals surface area contributed by atoms with E-state index in [1.807, 2.05) is 0 Å². The van der Waals surface area contributed by atoms with Crippen LogP contribution in [0.15, 0.2) is 24.3 Å². The van der Waals surface area contributed by atoms with Gasteiger partial charge in [-0.2, -0.15) is 13.2 Å². The number of hydrogen-bond acceptors (Lipinski definition) is 2. The molecular weight excluding hydrogens is 247 g/mol. The zero-order chi connectivity index (χ0) is 13.9. The Labute approximate surface area is 103 Å². The number of carbonyl (C=O) groups is 1. The smallest absolute Gasteiger partial charge is 0.286 e. The van der Waals surface area contributed by atoms with Crippen LogP contribution in [-0.2, 0) is 17.5 Å². The van der Waals surface area contributed by atoms with Crippen molar-refractivity contribution in [2.75, 3.05) is 0 Å². The largest absolute Gasteiger partial charge is 0.416 e. The summed E-state index contributed by atoms with van der Waals surface area (Å²) in [6, 6.07) is 4.31. The molecule has 1 N–H and O–H groups in total. The van der Waals surface area contributed by atoms with Gasteiger partial charge in [0.05, 0.1) is 12.1 Å². The van der Waals surface area contributed by atoms with Gasteiger partial charge in [0.25, 0.3) is 0 Å². The maximum absolute atomic E-state index is 12.3. The van der Waals surface area contributed by atoms with Crippen LogP contribution in [0.4, 0.5) is 13.2 Å². The highest BCUT2D eigenvalue weighted by Gasteiger charge is 2.30. The van der Waals surface area contributed by atoms with Gasteiger partial charge in [-0.25, -0.2) is 5.06 Å². The van der Waals surface area contributed by atoms with Crippen molar-refractivity contribution in [3.05, 3.63) is 35.4 Å². The van der Waals surface area contributed by atoms with Crippen molar-refractivity contribution < 1.29 is 23.2 Å². The number of rotatable bonds is 3. The van der Waals surface area contributed by atoms with Crippen molar-refractivity contribution in [2.45, 2.75) is 26.6 Å². The monoisotopic (exact) mass is 261 g/mol. The Morgan fingerprint density at radius 1 is 1.28 bits per heavy atom. The van der Waals surface area contributed by atoms with E-state index in [0.717, 1.165) is 12.1 Å². The third-order valence-electron chi connectivity index (χ3n) is 2.36. The van der Waals surface area contributed by atoms with Crippen molar-refractivity contribution in [1.82, 2.24) is 5.06 Å². The van der Waals surface area contributed by atoms with Gasteiger partial charge in [0.1, 0.15) is 0 Å². The van der Waals surface area contributed by atoms with E-state index in [0.29, 0.717) is 10.6 Å². The molecule has 0 aliphatic rings. The van der Waals surface area contributed by atoms with Crippen molar-refractivity contribution >= 4 is 5.91 Å². The lowest BCUT2D eigenvalue weighted by Crippen LogP contribution is -2.30. The molecule has 100 valence electrons. The van der Waals surface area contributed by atoms with Crippen LogP contribution in [0.2, 0.25) is 0 Å². The maximum atomic E-state index is 12.3. The summed E-state index contributed by atoms with van der Waals surface area (Å²) in [5.74, 6) is -0.848. The van der Waals surface area contributed by atoms with Crippen LogP contribution in [0.3, 0.4) is 0 Å². The third-order valence-corrected chi connectivity index (χ3v) is 2.36. The van der Waals surface area contributed by atoms with Crippen LogP contribution < -0.4 is 0 Å². The number of benzene rings is 1. The molecule has 0 spiro atoms. The Hall–Kier alpha value is -1.56. The van der Waals surface area contributed by atoms with Gasteiger partial charge in [0, 0.05) is 5.92 Å². The number of alkyl halides is 3. The molecule has 0 bridgehead atoms. The minimum Gasteiger partial charge on any atom is -0.286 e. The molecule has 0 saturated carbocycles. The molecule has 1 rings (SSSR count). The van der Waals surface area contributed by atoms with Gasteiger partial charge in [-0.05, 0) is 17.7 Å². The summed E-state index contributed by atoms with van der Waals surface area (Å²) in [5, 5.41) is 9.94. The molecule has 0 saturated heterocycles. The quantitative estimate of drug-likeness (QED) is 0.671. The SMILES string of the molecule is CC(C)C(=O)N(O)Cc1ccc(C(F)(F)F)cc1. The molecular formula is C12H14F3NO2. The number of carbonyl (C=O) groups excluding carboxylic acids is 1. The van der Waals surface area contributed by atoms with E-state index >= 15 is 0 Å². The normalized spacial score (nSPS) is 11.7. The highest BCUT2D eigenvalue weighted by molar-refractivity contribution is 5.76. The van der Waals surface area contributed by atoms with Crippen molar-refractivity contribution in [2.24, 2.45) is 5.92 Å². The van der Waals surface area contributed by atoms with Crippen LogP contribution in [0.5, 0.6) is 0 Å². The number of nitrogens with zero attached hydrogens (tertiary/aromatic N) is 1. The van der Waals surface area contributed by atoms with Crippen LogP contribution >= 0.6 is 0 Å². The first-order chi connectivity index (χ1) is 8.21. The van der Waals surface area contributed by atoms with Crippen LogP contribution in [-0.4, -0.2) is 16.2 Å². The van der Waals surface area contributed by atoms with E-state index in [1.54, 1.807) is 13.8 Å². The standard InChI is InChI=1S/C12H14F3NO2/c1-8(2)11(17)16(18)7-9-3-5-10(6-4-9)12(13,14)15/h3-6,8,18H,7H2,1-2H3. The van der Waals surface area contributed by atoms with Crippen molar-refractivity contribution in [3.8, 4) is 0 Å². The Morgan fingerprint density at radius 2 is 1.78 bits per heavy atom. The predicted molar refractivity (Wildman–Crippen MR) is 58.6 cm³/mol. The molecule has 0 aliphatic heterocycles. The van der Waals surface area contributed by atoms with Gasteiger partial charge in [0.15, 0.2) is 0 Å². The second kappa shape index (κ2) is 5.39. The lowest BCUT2D eigenvalue weighted by molar-refractivity contribution is -0.171. The molecule has 0 aromatic heterocycles. The summed E-state index contributed by atoms with van der Waals surface area (Å²) >= 11 is 0. The fraction of sp³-hybridized carbons (Fsp3) is 0.417. The lowest BCUT2D eigenvalue weighted by atomic mass is 10.1. The molecule has 0 radical (unpaired) electrons. The van der Waals surface area contributed by atoms with Crippen LogP contribution in [0.1, 0.15) is 25.0 Å². The highest BCUT2D eigenvalue weighted by atomic mass is 19.4. The molecule has 0 unspecified atom stereocenters. The van der Waals surface area contributed by atoms with E-state index in [-0.39, 0.29) is 12.5 Å². The minimum absolute atomic E-state index is 0.130. The summed E-state index contributed by atoms with van der Waals surface area (Å²) in [6.45, 7) is 3.12. The van der Waals surface area contributed by atoms with E-state index in [2.05, 4.69) is 0 Å². The number of halogens is 3. The first-order valence-electron chi connectivity index (χ1n) is 5.38. The van der Waals surface area contributed by atoms with Gasteiger partial charge in [-0.15, -0.1) is 0 Å². The van der Waals surface area contributed by atoms with E-state index in [1.165, 1.54) is 12.1 Å². The van der Waals surface area contributed by atoms with Crippen molar-refractivity contribution in [3.63, 3.8) is 0 Å². The van der Waals surface area contributed by atoms with Gasteiger partial charge < -0.3 is 0 Å². The summed E-state index contributed by atoms with van der Waals surface area (Å²) in [4.78, 5) is 11.4. The predicted octanol–water partition coefficient (Wildman–Crippen LogP) is 3.08. The summed E-state index contributed by atoms with van der Waals surface area (Å²) in [7, 11) is 0. The Morgan fingerprint density at radius 3 is 2.17 bits per heavy atom. The van der Waals surface area contributed by atoms with E-state index < -0.39 is 17.6 Å². The molecule has 1 amide bonds. The zero-order valence-corrected chi connectivity index (χ0v) is 10.0. The molecule has 1 aromatic carbocycles. The molecule has 0 heterocycles. The van der Waals surface area contributed by atoms with Gasteiger partial charge in [-0.3, -0.25) is 10.0 Å². The average Bonchev–Trinajstić information content (AvgIpc) is 2.27. The first kappa shape index (κ1) is 14.5. The van der Waals surface area contributed by atoms with Gasteiger partial charge >= 0.3 is 6.18 Å². The molecule has 18 heavy (non-hydrogen) atoms. The summed E-state index contributed by atoms with van der Waals surface area (Å²) in [5.41, 5.74) is -0.328. The maximum Gasteiger partial charge on any atom is 0.416 e. The lowest BCUT2D eigenvalue weighted by Gasteiger charge is -2.17. The minimum atomic E-state index is -4.38. The Kier molecular flexibility index (Phi) is 4.34. The molecule has 6 heteroatoms. The second-order valence-electron chi connectivity index (χ2n) is 4.25. The third kappa shape index (κ3) is 3.73. The topological polar surface area (TPSA) is 40.5 Å². The highest BCUT2D eigenvalue weighted by Crippen LogP contribution is 2.29. The van der Waals surface area contributed by atoms with Crippen LogP contribution in [0, 0.1) is 5.92 Å². The molecule has 0 aliphatic carbocycles. The summed E-state index contributed by atoms with van der Waals surface area (Å²) < 4.78 is 36.9. The molecule has 0 atom stereocenters. The number of hydroxylamine groups is 2. The molecule has 1 aromatic rings. The van der Waals surface area contributed by atoms with Crippen LogP contribution in [0.25, 0.3) is 0 Å². The average molecular weight is 261 g/mol. The number of amides is 1. The zero-order valence-electron chi connectivity index (χ0n) is 10.0. The molecule has 3 nitrogen and oxygen atoms in total. The Balaban J connectivity index is 2.73. The van der Waals surface area contributed by atoms with E-state index in [9.17, 15) is 23.2 Å². The summed E-state index contributed by atoms with van der Waals surface area (Å²) in [6.07, 6.45) is -4.38. The fourth-order valence-corrected chi connectivity index (χ4v) is 1.35. The molecule has 0 fully saturated rings.